The molecule has 0 unspecified atom stereocenters. The van der Waals surface area contributed by atoms with Crippen LogP contribution in [0.4, 0.5) is 0 Å². The molecule has 1 aromatic rings. The Morgan fingerprint density at radius 3 is 2.40 bits per heavy atom. The minimum atomic E-state index is -0.310. The molecule has 2 N–H and O–H groups in total. The lowest BCUT2D eigenvalue weighted by Crippen LogP contribution is -2.67. The molecule has 0 amide bonds. The number of ether oxygens (including phenoxy) is 2. The van der Waals surface area contributed by atoms with Crippen molar-refractivity contribution in [2.45, 2.75) is 112 Å². The molecule has 5 fully saturated rings. The highest BCUT2D eigenvalue weighted by Gasteiger charge is 2.71. The molecule has 45 heavy (non-hydrogen) atoms. The zero-order chi connectivity index (χ0) is 32.6. The minimum Gasteiger partial charge on any atom is -0.504 e. The largest absolute Gasteiger partial charge is 0.504 e. The Morgan fingerprint density at radius 2 is 1.71 bits per heavy atom. The van der Waals surface area contributed by atoms with Crippen LogP contribution in [-0.4, -0.2) is 36.0 Å². The Labute approximate surface area is 271 Å². The van der Waals surface area contributed by atoms with Gasteiger partial charge in [-0.3, -0.25) is 0 Å². The van der Waals surface area contributed by atoms with Gasteiger partial charge in [0.1, 0.15) is 6.10 Å². The predicted molar refractivity (Wildman–Crippen MR) is 180 cm³/mol. The first kappa shape index (κ1) is 32.7. The highest BCUT2D eigenvalue weighted by molar-refractivity contribution is 5.87. The average Bonchev–Trinajstić information content (AvgIpc) is 3.39. The van der Waals surface area contributed by atoms with Crippen LogP contribution in [0.15, 0.2) is 36.4 Å². The van der Waals surface area contributed by atoms with Crippen LogP contribution in [0.3, 0.4) is 0 Å². The smallest absolute Gasteiger partial charge is 0.331 e. The summed E-state index contributed by atoms with van der Waals surface area (Å²) in [6.07, 6.45) is 14.8. The molecule has 0 saturated heterocycles. The number of aromatic hydroxyl groups is 1. The second kappa shape index (κ2) is 11.2. The van der Waals surface area contributed by atoms with Gasteiger partial charge in [0.25, 0.3) is 0 Å². The lowest BCUT2D eigenvalue weighted by atomic mass is 9.32. The quantitative estimate of drug-likeness (QED) is 0.189. The van der Waals surface area contributed by atoms with Crippen molar-refractivity contribution in [3.05, 3.63) is 42.0 Å². The van der Waals surface area contributed by atoms with Gasteiger partial charge in [0, 0.05) is 18.1 Å². The van der Waals surface area contributed by atoms with Crippen LogP contribution in [0.5, 0.6) is 11.5 Å². The van der Waals surface area contributed by atoms with Gasteiger partial charge in [-0.05, 0) is 146 Å². The van der Waals surface area contributed by atoms with Gasteiger partial charge in [-0.25, -0.2) is 4.79 Å². The summed E-state index contributed by atoms with van der Waals surface area (Å²) in [4.78, 5) is 13.1. The fourth-order valence-corrected chi connectivity index (χ4v) is 12.9. The average molecular weight is 619 g/mol. The third kappa shape index (κ3) is 4.75. The SMILES string of the molecule is C=C(C)[C@@H]1CC[C@]2(CO)CC[C@]3(C)[C@H](CC[C@@H]4[C@@]5(C)CC[C@H](OC(=O)/C=C\c6ccc(O)c(OC)c6)C(C)(C)[C@@H]5CC[C@]43C)[C@@H]12. The molecule has 5 saturated carbocycles. The van der Waals surface area contributed by atoms with E-state index in [0.717, 1.165) is 31.2 Å². The van der Waals surface area contributed by atoms with Gasteiger partial charge >= 0.3 is 5.97 Å². The Hall–Kier alpha value is -2.27. The van der Waals surface area contributed by atoms with E-state index in [4.69, 9.17) is 9.47 Å². The number of methoxy groups -OCH3 is 1. The number of phenols is 1. The monoisotopic (exact) mass is 618 g/mol. The molecule has 5 nitrogen and oxygen atoms in total. The summed E-state index contributed by atoms with van der Waals surface area (Å²) in [6.45, 7) is 19.6. The second-order valence-corrected chi connectivity index (χ2v) is 17.3. The first-order valence-electron chi connectivity index (χ1n) is 17.7. The highest BCUT2D eigenvalue weighted by Crippen LogP contribution is 2.77. The van der Waals surface area contributed by atoms with Gasteiger partial charge < -0.3 is 19.7 Å². The van der Waals surface area contributed by atoms with Crippen LogP contribution in [0.2, 0.25) is 0 Å². The molecule has 248 valence electrons. The maximum atomic E-state index is 13.1. The van der Waals surface area contributed by atoms with Gasteiger partial charge in [-0.1, -0.05) is 52.8 Å². The van der Waals surface area contributed by atoms with Crippen LogP contribution >= 0.6 is 0 Å². The topological polar surface area (TPSA) is 76.0 Å². The number of benzene rings is 1. The van der Waals surface area contributed by atoms with Crippen molar-refractivity contribution in [3.63, 3.8) is 0 Å². The minimum absolute atomic E-state index is 0.0756. The van der Waals surface area contributed by atoms with Crippen LogP contribution in [-0.2, 0) is 9.53 Å². The van der Waals surface area contributed by atoms with Crippen molar-refractivity contribution < 1.29 is 24.5 Å². The maximum Gasteiger partial charge on any atom is 0.331 e. The van der Waals surface area contributed by atoms with Gasteiger partial charge in [0.15, 0.2) is 11.5 Å². The number of carbonyl (C=O) groups is 1. The number of hydrogen-bond acceptors (Lipinski definition) is 5. The molecular weight excluding hydrogens is 560 g/mol. The molecule has 5 aliphatic carbocycles. The Bertz CT molecular complexity index is 1360. The zero-order valence-electron chi connectivity index (χ0n) is 29.0. The normalized spacial score (nSPS) is 43.5. The van der Waals surface area contributed by atoms with Gasteiger partial charge in [0.2, 0.25) is 0 Å². The van der Waals surface area contributed by atoms with Crippen molar-refractivity contribution in [1.82, 2.24) is 0 Å². The van der Waals surface area contributed by atoms with Crippen molar-refractivity contribution in [2.24, 2.45) is 56.7 Å². The fourth-order valence-electron chi connectivity index (χ4n) is 12.9. The number of fused-ring (bicyclic) bond motifs is 7. The Kier molecular flexibility index (Phi) is 8.11. The van der Waals surface area contributed by atoms with Gasteiger partial charge in [-0.2, -0.15) is 0 Å². The van der Waals surface area contributed by atoms with E-state index in [0.29, 0.717) is 41.9 Å². The summed E-state index contributed by atoms with van der Waals surface area (Å²) in [5.41, 5.74) is 2.81. The van der Waals surface area contributed by atoms with Crippen LogP contribution < -0.4 is 4.74 Å². The number of carbonyl (C=O) groups excluding carboxylic acids is 1. The number of allylic oxidation sites excluding steroid dienone is 1. The molecular formula is C40H58O5. The summed E-state index contributed by atoms with van der Waals surface area (Å²) < 4.78 is 11.4. The molecule has 5 heteroatoms. The van der Waals surface area contributed by atoms with E-state index in [1.54, 1.807) is 24.3 Å². The Morgan fingerprint density at radius 1 is 0.956 bits per heavy atom. The predicted octanol–water partition coefficient (Wildman–Crippen LogP) is 8.98. The summed E-state index contributed by atoms with van der Waals surface area (Å²) in [5.74, 6) is 3.04. The zero-order valence-corrected chi connectivity index (χ0v) is 29.0. The van der Waals surface area contributed by atoms with Gasteiger partial charge in [0.05, 0.1) is 7.11 Å². The van der Waals surface area contributed by atoms with E-state index in [1.165, 1.54) is 57.3 Å². The van der Waals surface area contributed by atoms with Crippen molar-refractivity contribution >= 4 is 12.0 Å². The first-order valence-corrected chi connectivity index (χ1v) is 17.7. The summed E-state index contributed by atoms with van der Waals surface area (Å²) >= 11 is 0. The number of esters is 1. The summed E-state index contributed by atoms with van der Waals surface area (Å²) in [7, 11) is 1.51. The molecule has 0 heterocycles. The lowest BCUT2D eigenvalue weighted by molar-refractivity contribution is -0.251. The number of hydrogen-bond donors (Lipinski definition) is 2. The van der Waals surface area contributed by atoms with Crippen molar-refractivity contribution in [2.75, 3.05) is 13.7 Å². The summed E-state index contributed by atoms with van der Waals surface area (Å²) in [6, 6.07) is 5.04. The van der Waals surface area contributed by atoms with E-state index in [2.05, 4.69) is 48.1 Å². The summed E-state index contributed by atoms with van der Waals surface area (Å²) in [5, 5.41) is 20.7. The van der Waals surface area contributed by atoms with Crippen molar-refractivity contribution in [3.8, 4) is 11.5 Å². The Balaban J connectivity index is 1.22. The number of aliphatic hydroxyl groups excluding tert-OH is 1. The van der Waals surface area contributed by atoms with Crippen molar-refractivity contribution in [1.29, 1.82) is 0 Å². The molecule has 0 spiro atoms. The molecule has 10 atom stereocenters. The van der Waals surface area contributed by atoms with Crippen LogP contribution in [0.25, 0.3) is 6.08 Å². The molecule has 0 aromatic heterocycles. The number of phenolic OH excluding ortho intramolecular Hbond substituents is 1. The molecule has 5 aliphatic rings. The standard InChI is InChI=1S/C40H58O5/c1-25(2)27-15-20-40(24-41)22-21-38(6)28(35(27)40)11-13-32-37(5)18-17-33(36(3,4)31(37)16-19-39(32,38)7)45-34(43)14-10-26-9-12-29(42)30(23-26)44-8/h9-10,12,14,23,27-28,31-33,35,41-42H,1,11,13,15-22,24H2,2-8H3/b14-10-/t27-,28+,31-,32+,33-,35+,37-,38+,39+,40+/m0/s1. The fraction of sp³-hybridized carbons (Fsp3) is 0.725. The third-order valence-corrected chi connectivity index (χ3v) is 15.4. The second-order valence-electron chi connectivity index (χ2n) is 17.3. The molecule has 1 aromatic carbocycles. The number of rotatable bonds is 6. The van der Waals surface area contributed by atoms with Crippen LogP contribution in [0.1, 0.15) is 111 Å². The highest BCUT2D eigenvalue weighted by atomic mass is 16.5. The van der Waals surface area contributed by atoms with Gasteiger partial charge in [-0.15, -0.1) is 0 Å². The maximum absolute atomic E-state index is 13.1. The molecule has 0 aliphatic heterocycles. The van der Waals surface area contributed by atoms with E-state index in [-0.39, 0.29) is 44.9 Å². The third-order valence-electron chi connectivity index (χ3n) is 15.4. The molecule has 0 radical (unpaired) electrons. The molecule has 0 bridgehead atoms. The van der Waals surface area contributed by atoms with E-state index in [9.17, 15) is 15.0 Å². The van der Waals surface area contributed by atoms with Crippen LogP contribution in [0, 0.1) is 56.7 Å². The van der Waals surface area contributed by atoms with E-state index >= 15 is 0 Å². The van der Waals surface area contributed by atoms with E-state index < -0.39 is 0 Å². The van der Waals surface area contributed by atoms with E-state index in [1.807, 2.05) is 0 Å². The first-order chi connectivity index (χ1) is 21.2. The lowest BCUT2D eigenvalue weighted by Gasteiger charge is -2.73. The molecule has 6 rings (SSSR count). The number of aliphatic hydroxyl groups is 1.